The summed E-state index contributed by atoms with van der Waals surface area (Å²) in [5.41, 5.74) is 3.86. The quantitative estimate of drug-likeness (QED) is 0.501. The Labute approximate surface area is 98.7 Å². The monoisotopic (exact) mass is 211 g/mol. The average Bonchev–Trinajstić information content (AvgIpc) is 2.33. The molecule has 1 aromatic carbocycles. The predicted molar refractivity (Wildman–Crippen MR) is 69.2 cm³/mol. The van der Waals surface area contributed by atoms with Crippen LogP contribution in [0.4, 0.5) is 0 Å². The zero-order chi connectivity index (χ0) is 11.4. The van der Waals surface area contributed by atoms with Crippen molar-refractivity contribution in [2.75, 3.05) is 0 Å². The number of hydrogen-bond donors (Lipinski definition) is 0. The molecule has 1 aliphatic rings. The molecular weight excluding hydrogens is 192 g/mol. The van der Waals surface area contributed by atoms with Crippen LogP contribution in [0.15, 0.2) is 42.0 Å². The van der Waals surface area contributed by atoms with Crippen molar-refractivity contribution >= 4 is 0 Å². The van der Waals surface area contributed by atoms with Crippen LogP contribution in [0.1, 0.15) is 37.3 Å². The van der Waals surface area contributed by atoms with Crippen LogP contribution in [0, 0.1) is 18.9 Å². The van der Waals surface area contributed by atoms with E-state index in [-0.39, 0.29) is 0 Å². The third-order valence-corrected chi connectivity index (χ3v) is 3.20. The second-order valence-electron chi connectivity index (χ2n) is 4.64. The van der Waals surface area contributed by atoms with Gasteiger partial charge in [0.1, 0.15) is 0 Å². The van der Waals surface area contributed by atoms with Gasteiger partial charge in [0.15, 0.2) is 5.56 Å². The standard InChI is InChI=1S/C16H19/c1-13-8-10-15(11-9-13)12-14(2)16-6-4-3-5-7-16/h4,6,8-11,16H,3,5,7H2,1-2H3/q+1. The fourth-order valence-electron chi connectivity index (χ4n) is 2.13. The second kappa shape index (κ2) is 5.09. The first-order valence-electron chi connectivity index (χ1n) is 6.09. The highest BCUT2D eigenvalue weighted by Gasteiger charge is 2.13. The minimum atomic E-state index is 0.607. The maximum absolute atomic E-state index is 3.50. The molecule has 0 heteroatoms. The molecule has 0 saturated heterocycles. The maximum Gasteiger partial charge on any atom is 0.188 e. The topological polar surface area (TPSA) is 0 Å². The van der Waals surface area contributed by atoms with E-state index in [1.54, 1.807) is 0 Å². The Bertz CT molecular complexity index is 393. The van der Waals surface area contributed by atoms with E-state index in [1.807, 2.05) is 0 Å². The zero-order valence-corrected chi connectivity index (χ0v) is 10.2. The van der Waals surface area contributed by atoms with Gasteiger partial charge in [-0.25, -0.2) is 0 Å². The van der Waals surface area contributed by atoms with Gasteiger partial charge in [-0.3, -0.25) is 0 Å². The first-order chi connectivity index (χ1) is 7.75. The molecule has 1 aromatic rings. The van der Waals surface area contributed by atoms with Crippen LogP contribution in [-0.2, 0) is 0 Å². The minimum Gasteiger partial charge on any atom is -0.0879 e. The van der Waals surface area contributed by atoms with Gasteiger partial charge in [-0.05, 0) is 50.8 Å². The van der Waals surface area contributed by atoms with E-state index < -0.39 is 0 Å². The van der Waals surface area contributed by atoms with Gasteiger partial charge in [-0.15, -0.1) is 0 Å². The summed E-state index contributed by atoms with van der Waals surface area (Å²) in [7, 11) is 0. The van der Waals surface area contributed by atoms with Gasteiger partial charge in [0.25, 0.3) is 0 Å². The van der Waals surface area contributed by atoms with Gasteiger partial charge >= 0.3 is 0 Å². The molecule has 0 aromatic heterocycles. The van der Waals surface area contributed by atoms with E-state index in [9.17, 15) is 0 Å². The molecule has 1 aliphatic carbocycles. The molecule has 0 radical (unpaired) electrons. The molecule has 0 nitrogen and oxygen atoms in total. The van der Waals surface area contributed by atoms with Gasteiger partial charge in [0.2, 0.25) is 0 Å². The smallest absolute Gasteiger partial charge is 0.0879 e. The van der Waals surface area contributed by atoms with Gasteiger partial charge in [-0.2, -0.15) is 0 Å². The Balaban J connectivity index is 2.13. The molecule has 0 saturated carbocycles. The molecule has 1 unspecified atom stereocenters. The molecular formula is C16H19+. The van der Waals surface area contributed by atoms with Crippen molar-refractivity contribution in [2.45, 2.75) is 33.1 Å². The molecule has 0 bridgehead atoms. The lowest BCUT2D eigenvalue weighted by molar-refractivity contribution is 0.603. The molecule has 2 rings (SSSR count). The normalized spacial score (nSPS) is 20.6. The Hall–Kier alpha value is -1.39. The van der Waals surface area contributed by atoms with Crippen LogP contribution in [-0.4, -0.2) is 0 Å². The first kappa shape index (κ1) is 11.1. The molecule has 16 heavy (non-hydrogen) atoms. The van der Waals surface area contributed by atoms with E-state index in [0.717, 1.165) is 0 Å². The van der Waals surface area contributed by atoms with Crippen molar-refractivity contribution < 1.29 is 0 Å². The Kier molecular flexibility index (Phi) is 3.54. The van der Waals surface area contributed by atoms with Crippen LogP contribution >= 0.6 is 0 Å². The van der Waals surface area contributed by atoms with Gasteiger partial charge in [0.05, 0.1) is 12.1 Å². The highest BCUT2D eigenvalue weighted by Crippen LogP contribution is 2.24. The third-order valence-electron chi connectivity index (χ3n) is 3.20. The average molecular weight is 211 g/mol. The SMILES string of the molecule is CC(=[C+]c1ccc(C)cc1)C1C=CCCC1. The van der Waals surface area contributed by atoms with Gasteiger partial charge in [0, 0.05) is 17.6 Å². The summed E-state index contributed by atoms with van der Waals surface area (Å²) in [5, 5.41) is 0. The van der Waals surface area contributed by atoms with Crippen LogP contribution in [0.25, 0.3) is 0 Å². The van der Waals surface area contributed by atoms with Gasteiger partial charge < -0.3 is 0 Å². The molecule has 0 amide bonds. The van der Waals surface area contributed by atoms with Crippen molar-refractivity contribution in [3.63, 3.8) is 0 Å². The van der Waals surface area contributed by atoms with Crippen molar-refractivity contribution in [3.8, 4) is 0 Å². The van der Waals surface area contributed by atoms with E-state index >= 15 is 0 Å². The fourth-order valence-corrected chi connectivity index (χ4v) is 2.13. The molecule has 0 aliphatic heterocycles. The number of allylic oxidation sites excluding steroid dienone is 3. The van der Waals surface area contributed by atoms with E-state index in [1.165, 1.54) is 36.0 Å². The summed E-state index contributed by atoms with van der Waals surface area (Å²) in [4.78, 5) is 0. The maximum atomic E-state index is 3.50. The lowest BCUT2D eigenvalue weighted by atomic mass is 9.89. The molecule has 0 N–H and O–H groups in total. The van der Waals surface area contributed by atoms with Crippen molar-refractivity contribution in [1.29, 1.82) is 0 Å². The number of rotatable bonds is 2. The van der Waals surface area contributed by atoms with Crippen molar-refractivity contribution in [3.05, 3.63) is 59.2 Å². The predicted octanol–water partition coefficient (Wildman–Crippen LogP) is 4.45. The first-order valence-corrected chi connectivity index (χ1v) is 6.09. The summed E-state index contributed by atoms with van der Waals surface area (Å²) in [6.45, 7) is 4.31. The minimum absolute atomic E-state index is 0.607. The van der Waals surface area contributed by atoms with E-state index in [4.69, 9.17) is 0 Å². The van der Waals surface area contributed by atoms with Gasteiger partial charge in [-0.1, -0.05) is 12.2 Å². The summed E-state index contributed by atoms with van der Waals surface area (Å²) < 4.78 is 0. The highest BCUT2D eigenvalue weighted by molar-refractivity contribution is 5.29. The molecule has 1 atom stereocenters. The fraction of sp³-hybridized carbons (Fsp3) is 0.375. The largest absolute Gasteiger partial charge is 0.188 e. The Morgan fingerprint density at radius 1 is 1.25 bits per heavy atom. The molecule has 82 valence electrons. The van der Waals surface area contributed by atoms with Crippen molar-refractivity contribution in [1.82, 2.24) is 0 Å². The summed E-state index contributed by atoms with van der Waals surface area (Å²) in [6.07, 6.45) is 12.0. The molecule has 0 fully saturated rings. The van der Waals surface area contributed by atoms with E-state index in [0.29, 0.717) is 5.92 Å². The highest BCUT2D eigenvalue weighted by atomic mass is 14.1. The number of benzene rings is 1. The molecule has 0 spiro atoms. The Morgan fingerprint density at radius 3 is 2.62 bits per heavy atom. The molecule has 0 heterocycles. The second-order valence-corrected chi connectivity index (χ2v) is 4.64. The van der Waals surface area contributed by atoms with E-state index in [2.05, 4.69) is 56.3 Å². The van der Waals surface area contributed by atoms with Crippen LogP contribution in [0.2, 0.25) is 0 Å². The lowest BCUT2D eigenvalue weighted by Crippen LogP contribution is -2.02. The number of aryl methyl sites for hydroxylation is 1. The lowest BCUT2D eigenvalue weighted by Gasteiger charge is -2.13. The summed E-state index contributed by atoms with van der Waals surface area (Å²) >= 11 is 0. The number of hydrogen-bond acceptors (Lipinski definition) is 0. The Morgan fingerprint density at radius 2 is 2.00 bits per heavy atom. The zero-order valence-electron chi connectivity index (χ0n) is 10.2. The van der Waals surface area contributed by atoms with Crippen molar-refractivity contribution in [2.24, 2.45) is 5.92 Å². The van der Waals surface area contributed by atoms with Crippen LogP contribution in [0.3, 0.4) is 0 Å². The summed E-state index contributed by atoms with van der Waals surface area (Å²) in [6, 6.07) is 8.58. The van der Waals surface area contributed by atoms with Crippen LogP contribution in [0.5, 0.6) is 0 Å². The third kappa shape index (κ3) is 2.81. The van der Waals surface area contributed by atoms with Crippen LogP contribution < -0.4 is 0 Å². The summed E-state index contributed by atoms with van der Waals surface area (Å²) in [5.74, 6) is 0.607.